The summed E-state index contributed by atoms with van der Waals surface area (Å²) in [5, 5.41) is 0.771. The predicted molar refractivity (Wildman–Crippen MR) is 58.9 cm³/mol. The van der Waals surface area contributed by atoms with Crippen LogP contribution in [0.15, 0.2) is 23.0 Å². The van der Waals surface area contributed by atoms with Crippen LogP contribution >= 0.6 is 11.6 Å². The topological polar surface area (TPSA) is 32.9 Å². The largest absolute Gasteiger partial charge is 0.323 e. The number of aromatic amines is 1. The van der Waals surface area contributed by atoms with Crippen molar-refractivity contribution in [3.8, 4) is 0 Å². The van der Waals surface area contributed by atoms with Gasteiger partial charge in [0.15, 0.2) is 5.82 Å². The molecule has 0 bridgehead atoms. The monoisotopic (exact) mass is 225 g/mol. The zero-order valence-corrected chi connectivity index (χ0v) is 8.86. The van der Waals surface area contributed by atoms with Gasteiger partial charge in [-0.2, -0.15) is 0 Å². The Bertz CT molecular complexity index is 577. The molecule has 0 unspecified atom stereocenters. The molecule has 0 atom stereocenters. The number of H-pyrrole nitrogens is 1. The second kappa shape index (κ2) is 3.66. The van der Waals surface area contributed by atoms with Crippen LogP contribution in [0, 0.1) is 5.82 Å². The van der Waals surface area contributed by atoms with Crippen LogP contribution in [0.4, 0.5) is 4.39 Å². The van der Waals surface area contributed by atoms with Crippen LogP contribution in [0.2, 0.25) is 5.02 Å². The Hall–Kier alpha value is -1.35. The maximum absolute atomic E-state index is 13.8. The standard InChI is InChI=1S/C11H9ClFNO/c1-2-8-10(13)6-4-3-5-7(12)9(6)11(15)14-8/h3-5H,2H2,1H3,(H,14,15). The third-order valence-electron chi connectivity index (χ3n) is 2.36. The summed E-state index contributed by atoms with van der Waals surface area (Å²) in [4.78, 5) is 14.1. The zero-order valence-electron chi connectivity index (χ0n) is 8.10. The molecule has 0 amide bonds. The third kappa shape index (κ3) is 1.53. The van der Waals surface area contributed by atoms with Gasteiger partial charge >= 0.3 is 0 Å². The van der Waals surface area contributed by atoms with E-state index in [1.165, 1.54) is 0 Å². The van der Waals surface area contributed by atoms with Crippen LogP contribution in [0.5, 0.6) is 0 Å². The molecular formula is C11H9ClFNO. The minimum atomic E-state index is -0.394. The summed E-state index contributed by atoms with van der Waals surface area (Å²) in [5.41, 5.74) is -0.0244. The van der Waals surface area contributed by atoms with Crippen LogP contribution in [0.3, 0.4) is 0 Å². The summed E-state index contributed by atoms with van der Waals surface area (Å²) >= 11 is 5.84. The SMILES string of the molecule is CCc1[nH]c(=O)c2c(Cl)cccc2c1F. The first-order valence-electron chi connectivity index (χ1n) is 4.64. The van der Waals surface area contributed by atoms with Crippen LogP contribution in [-0.4, -0.2) is 4.98 Å². The van der Waals surface area contributed by atoms with Crippen LogP contribution in [-0.2, 0) is 6.42 Å². The number of aromatic nitrogens is 1. The van der Waals surface area contributed by atoms with Gasteiger partial charge in [-0.15, -0.1) is 0 Å². The van der Waals surface area contributed by atoms with Gasteiger partial charge in [0, 0.05) is 5.39 Å². The summed E-state index contributed by atoms with van der Waals surface area (Å²) in [5.74, 6) is -0.394. The van der Waals surface area contributed by atoms with Gasteiger partial charge < -0.3 is 4.98 Å². The normalized spacial score (nSPS) is 10.9. The summed E-state index contributed by atoms with van der Waals surface area (Å²) < 4.78 is 13.8. The van der Waals surface area contributed by atoms with Crippen molar-refractivity contribution in [2.45, 2.75) is 13.3 Å². The fourth-order valence-corrected chi connectivity index (χ4v) is 1.86. The second-order valence-electron chi connectivity index (χ2n) is 3.26. The average molecular weight is 226 g/mol. The van der Waals surface area contributed by atoms with Gasteiger partial charge in [-0.1, -0.05) is 30.7 Å². The van der Waals surface area contributed by atoms with E-state index in [4.69, 9.17) is 11.6 Å². The van der Waals surface area contributed by atoms with E-state index in [1.54, 1.807) is 25.1 Å². The van der Waals surface area contributed by atoms with E-state index in [-0.39, 0.29) is 21.4 Å². The molecule has 0 aliphatic rings. The van der Waals surface area contributed by atoms with Crippen LogP contribution < -0.4 is 5.56 Å². The molecule has 2 rings (SSSR count). The zero-order chi connectivity index (χ0) is 11.0. The van der Waals surface area contributed by atoms with Crippen molar-refractivity contribution in [2.24, 2.45) is 0 Å². The maximum Gasteiger partial charge on any atom is 0.257 e. The molecule has 0 fully saturated rings. The average Bonchev–Trinajstić information content (AvgIpc) is 2.23. The van der Waals surface area contributed by atoms with Crippen molar-refractivity contribution in [2.75, 3.05) is 0 Å². The predicted octanol–water partition coefficient (Wildman–Crippen LogP) is 2.88. The number of aryl methyl sites for hydroxylation is 1. The van der Waals surface area contributed by atoms with Gasteiger partial charge in [-0.3, -0.25) is 4.79 Å². The summed E-state index contributed by atoms with van der Waals surface area (Å²) in [6.07, 6.45) is 0.448. The lowest BCUT2D eigenvalue weighted by atomic mass is 10.1. The minimum absolute atomic E-state index is 0.217. The molecule has 0 saturated heterocycles. The first-order valence-corrected chi connectivity index (χ1v) is 5.01. The van der Waals surface area contributed by atoms with E-state index in [0.717, 1.165) is 0 Å². The molecular weight excluding hydrogens is 217 g/mol. The highest BCUT2D eigenvalue weighted by molar-refractivity contribution is 6.35. The Kier molecular flexibility index (Phi) is 2.49. The molecule has 0 spiro atoms. The minimum Gasteiger partial charge on any atom is -0.323 e. The van der Waals surface area contributed by atoms with Crippen molar-refractivity contribution in [3.63, 3.8) is 0 Å². The van der Waals surface area contributed by atoms with Gasteiger partial charge in [-0.25, -0.2) is 4.39 Å². The van der Waals surface area contributed by atoms with Gasteiger partial charge in [0.05, 0.1) is 16.1 Å². The number of benzene rings is 1. The first-order chi connectivity index (χ1) is 7.15. The number of halogens is 2. The van der Waals surface area contributed by atoms with Crippen molar-refractivity contribution in [1.82, 2.24) is 4.98 Å². The Morgan fingerprint density at radius 2 is 2.20 bits per heavy atom. The highest BCUT2D eigenvalue weighted by Gasteiger charge is 2.11. The number of fused-ring (bicyclic) bond motifs is 1. The molecule has 0 aliphatic heterocycles. The number of hydrogen-bond donors (Lipinski definition) is 1. The van der Waals surface area contributed by atoms with Gasteiger partial charge in [0.2, 0.25) is 0 Å². The maximum atomic E-state index is 13.8. The van der Waals surface area contributed by atoms with E-state index in [1.807, 2.05) is 0 Å². The van der Waals surface area contributed by atoms with Gasteiger partial charge in [0.1, 0.15) is 0 Å². The van der Waals surface area contributed by atoms with E-state index in [2.05, 4.69) is 4.98 Å². The lowest BCUT2D eigenvalue weighted by Crippen LogP contribution is -2.12. The molecule has 2 nitrogen and oxygen atoms in total. The van der Waals surface area contributed by atoms with E-state index >= 15 is 0 Å². The molecule has 4 heteroatoms. The molecule has 0 radical (unpaired) electrons. The van der Waals surface area contributed by atoms with Crippen molar-refractivity contribution >= 4 is 22.4 Å². The fourth-order valence-electron chi connectivity index (χ4n) is 1.60. The Labute approximate surface area is 90.7 Å². The summed E-state index contributed by atoms with van der Waals surface area (Å²) in [7, 11) is 0. The Morgan fingerprint density at radius 3 is 2.87 bits per heavy atom. The first kappa shape index (κ1) is 10.2. The number of nitrogens with one attached hydrogen (secondary N) is 1. The number of pyridine rings is 1. The Balaban J connectivity index is 3.00. The second-order valence-corrected chi connectivity index (χ2v) is 3.67. The van der Waals surface area contributed by atoms with E-state index in [9.17, 15) is 9.18 Å². The lowest BCUT2D eigenvalue weighted by molar-refractivity contribution is 0.613. The Morgan fingerprint density at radius 1 is 1.47 bits per heavy atom. The number of hydrogen-bond acceptors (Lipinski definition) is 1. The van der Waals surface area contributed by atoms with E-state index < -0.39 is 5.82 Å². The van der Waals surface area contributed by atoms with Gasteiger partial charge in [-0.05, 0) is 12.5 Å². The highest BCUT2D eigenvalue weighted by Crippen LogP contribution is 2.23. The van der Waals surface area contributed by atoms with Crippen molar-refractivity contribution in [3.05, 3.63) is 45.1 Å². The third-order valence-corrected chi connectivity index (χ3v) is 2.68. The van der Waals surface area contributed by atoms with Gasteiger partial charge in [0.25, 0.3) is 5.56 Å². The molecule has 1 heterocycles. The highest BCUT2D eigenvalue weighted by atomic mass is 35.5. The molecule has 1 aromatic carbocycles. The number of rotatable bonds is 1. The molecule has 15 heavy (non-hydrogen) atoms. The molecule has 1 N–H and O–H groups in total. The van der Waals surface area contributed by atoms with Crippen molar-refractivity contribution < 1.29 is 4.39 Å². The molecule has 0 saturated carbocycles. The summed E-state index contributed by atoms with van der Waals surface area (Å²) in [6, 6.07) is 4.77. The smallest absolute Gasteiger partial charge is 0.257 e. The molecule has 1 aromatic heterocycles. The van der Waals surface area contributed by atoms with E-state index in [0.29, 0.717) is 12.1 Å². The lowest BCUT2D eigenvalue weighted by Gasteiger charge is -2.04. The molecule has 78 valence electrons. The molecule has 0 aliphatic carbocycles. The van der Waals surface area contributed by atoms with Crippen LogP contribution in [0.1, 0.15) is 12.6 Å². The molecule has 2 aromatic rings. The quantitative estimate of drug-likeness (QED) is 0.795. The summed E-state index contributed by atoms with van der Waals surface area (Å²) in [6.45, 7) is 1.78. The fraction of sp³-hybridized carbons (Fsp3) is 0.182. The van der Waals surface area contributed by atoms with Crippen LogP contribution in [0.25, 0.3) is 10.8 Å². The van der Waals surface area contributed by atoms with Crippen molar-refractivity contribution in [1.29, 1.82) is 0 Å².